The number of aliphatic carboxylic acids is 1. The van der Waals surface area contributed by atoms with Crippen LogP contribution in [0, 0.1) is 11.8 Å². The number of ether oxygens (including phenoxy) is 1. The Hall–Kier alpha value is -1.06. The van der Waals surface area contributed by atoms with E-state index in [2.05, 4.69) is 0 Å². The summed E-state index contributed by atoms with van der Waals surface area (Å²) < 4.78 is 4.88. The molecule has 0 heterocycles. The number of hydrogen-bond donors (Lipinski definition) is 1. The van der Waals surface area contributed by atoms with E-state index in [4.69, 9.17) is 9.84 Å². The first-order valence-corrected chi connectivity index (χ1v) is 4.29. The Labute approximate surface area is 77.9 Å². The first-order chi connectivity index (χ1) is 5.86. The minimum atomic E-state index is -0.979. The molecule has 2 atom stereocenters. The second kappa shape index (κ2) is 4.84. The molecule has 0 fully saturated rings. The maximum absolute atomic E-state index is 11.2. The van der Waals surface area contributed by atoms with Crippen molar-refractivity contribution in [2.75, 3.05) is 0 Å². The second-order valence-electron chi connectivity index (χ2n) is 3.40. The van der Waals surface area contributed by atoms with Crippen molar-refractivity contribution in [1.82, 2.24) is 0 Å². The highest BCUT2D eigenvalue weighted by Crippen LogP contribution is 2.13. The lowest BCUT2D eigenvalue weighted by molar-refractivity contribution is -0.159. The van der Waals surface area contributed by atoms with Crippen LogP contribution in [0.3, 0.4) is 0 Å². The normalized spacial score (nSPS) is 15.2. The van der Waals surface area contributed by atoms with E-state index in [0.717, 1.165) is 0 Å². The van der Waals surface area contributed by atoms with Crippen LogP contribution >= 0.6 is 0 Å². The van der Waals surface area contributed by atoms with Crippen molar-refractivity contribution in [2.45, 2.75) is 33.8 Å². The summed E-state index contributed by atoms with van der Waals surface area (Å²) in [5, 5.41) is 8.63. The predicted octanol–water partition coefficient (Wildman–Crippen LogP) is 1.29. The Morgan fingerprint density at radius 3 is 1.85 bits per heavy atom. The third-order valence-electron chi connectivity index (χ3n) is 1.86. The zero-order valence-corrected chi connectivity index (χ0v) is 8.40. The molecule has 76 valence electrons. The predicted molar refractivity (Wildman–Crippen MR) is 47.2 cm³/mol. The molecule has 0 bridgehead atoms. The van der Waals surface area contributed by atoms with Crippen molar-refractivity contribution < 1.29 is 19.4 Å². The minimum Gasteiger partial charge on any atom is -0.481 e. The molecule has 0 aromatic carbocycles. The molecule has 0 spiro atoms. The molecule has 0 aromatic heterocycles. The molecule has 13 heavy (non-hydrogen) atoms. The lowest BCUT2D eigenvalue weighted by Gasteiger charge is -2.16. The quantitative estimate of drug-likeness (QED) is 0.675. The number of carboxylic acid groups (broad SMARTS) is 1. The summed E-state index contributed by atoms with van der Waals surface area (Å²) in [4.78, 5) is 21.7. The molecule has 0 rings (SSSR count). The van der Waals surface area contributed by atoms with Crippen molar-refractivity contribution in [3.05, 3.63) is 0 Å². The number of carbonyl (C=O) groups is 2. The zero-order chi connectivity index (χ0) is 10.6. The first-order valence-electron chi connectivity index (χ1n) is 4.29. The van der Waals surface area contributed by atoms with Gasteiger partial charge in [-0.25, -0.2) is 0 Å². The highest BCUT2D eigenvalue weighted by Gasteiger charge is 2.27. The van der Waals surface area contributed by atoms with Gasteiger partial charge in [-0.15, -0.1) is 0 Å². The maximum atomic E-state index is 11.2. The van der Waals surface area contributed by atoms with Crippen LogP contribution in [0.25, 0.3) is 0 Å². The molecule has 0 aliphatic rings. The summed E-state index contributed by atoms with van der Waals surface area (Å²) >= 11 is 0. The van der Waals surface area contributed by atoms with Crippen LogP contribution in [-0.4, -0.2) is 23.1 Å². The molecule has 1 N–H and O–H groups in total. The molecule has 0 saturated heterocycles. The molecule has 0 saturated carbocycles. The van der Waals surface area contributed by atoms with Crippen molar-refractivity contribution in [3.8, 4) is 0 Å². The number of carboxylic acids is 1. The van der Waals surface area contributed by atoms with E-state index in [1.807, 2.05) is 0 Å². The molecular formula is C9H16O4. The van der Waals surface area contributed by atoms with E-state index in [9.17, 15) is 9.59 Å². The van der Waals surface area contributed by atoms with Gasteiger partial charge in [0.25, 0.3) is 0 Å². The van der Waals surface area contributed by atoms with E-state index in [0.29, 0.717) is 0 Å². The third-order valence-corrected chi connectivity index (χ3v) is 1.86. The van der Waals surface area contributed by atoms with E-state index in [1.54, 1.807) is 20.8 Å². The van der Waals surface area contributed by atoms with Crippen molar-refractivity contribution in [2.24, 2.45) is 11.8 Å². The van der Waals surface area contributed by atoms with Crippen LogP contribution in [-0.2, 0) is 14.3 Å². The monoisotopic (exact) mass is 188 g/mol. The minimum absolute atomic E-state index is 0.198. The van der Waals surface area contributed by atoms with E-state index < -0.39 is 23.8 Å². The summed E-state index contributed by atoms with van der Waals surface area (Å²) in [7, 11) is 0. The van der Waals surface area contributed by atoms with Gasteiger partial charge in [0.05, 0.1) is 17.9 Å². The average Bonchev–Trinajstić information content (AvgIpc) is 2.00. The Kier molecular flexibility index (Phi) is 4.45. The first kappa shape index (κ1) is 11.9. The summed E-state index contributed by atoms with van der Waals surface area (Å²) in [5.74, 6) is -2.73. The maximum Gasteiger partial charge on any atom is 0.309 e. The lowest BCUT2D eigenvalue weighted by Crippen LogP contribution is -2.28. The Morgan fingerprint density at radius 1 is 1.08 bits per heavy atom. The summed E-state index contributed by atoms with van der Waals surface area (Å²) in [6.45, 7) is 6.52. The fourth-order valence-electron chi connectivity index (χ4n) is 0.758. The van der Waals surface area contributed by atoms with Gasteiger partial charge in [0, 0.05) is 0 Å². The summed E-state index contributed by atoms with van der Waals surface area (Å²) in [6.07, 6.45) is -0.198. The molecule has 0 amide bonds. The molecule has 0 radical (unpaired) electrons. The van der Waals surface area contributed by atoms with Gasteiger partial charge in [0.15, 0.2) is 0 Å². The van der Waals surface area contributed by atoms with E-state index >= 15 is 0 Å². The number of rotatable bonds is 4. The van der Waals surface area contributed by atoms with Crippen molar-refractivity contribution >= 4 is 11.9 Å². The Balaban J connectivity index is 4.17. The van der Waals surface area contributed by atoms with Crippen LogP contribution in [0.5, 0.6) is 0 Å². The molecule has 0 aromatic rings. The van der Waals surface area contributed by atoms with Crippen LogP contribution in [0.4, 0.5) is 0 Å². The largest absolute Gasteiger partial charge is 0.481 e. The number of carbonyl (C=O) groups excluding carboxylic acids is 1. The topological polar surface area (TPSA) is 63.6 Å². The standard InChI is InChI=1S/C9H16O4/c1-5(2)13-9(12)7(4)6(3)8(10)11/h5-7H,1-4H3,(H,10,11)/t6-,7+/m0/s1. The number of hydrogen-bond acceptors (Lipinski definition) is 3. The van der Waals surface area contributed by atoms with Gasteiger partial charge >= 0.3 is 11.9 Å². The van der Waals surface area contributed by atoms with E-state index in [-0.39, 0.29) is 6.10 Å². The smallest absolute Gasteiger partial charge is 0.309 e. The van der Waals surface area contributed by atoms with Gasteiger partial charge in [-0.2, -0.15) is 0 Å². The van der Waals surface area contributed by atoms with E-state index in [1.165, 1.54) is 6.92 Å². The van der Waals surface area contributed by atoms with Gasteiger partial charge < -0.3 is 9.84 Å². The van der Waals surface area contributed by atoms with Crippen LogP contribution < -0.4 is 0 Å². The number of esters is 1. The Morgan fingerprint density at radius 2 is 1.54 bits per heavy atom. The SMILES string of the molecule is CC(C)OC(=O)[C@H](C)[C@H](C)C(=O)O. The Bertz CT molecular complexity index is 198. The summed E-state index contributed by atoms with van der Waals surface area (Å²) in [5.41, 5.74) is 0. The van der Waals surface area contributed by atoms with Crippen LogP contribution in [0.2, 0.25) is 0 Å². The fraction of sp³-hybridized carbons (Fsp3) is 0.778. The highest BCUT2D eigenvalue weighted by atomic mass is 16.5. The second-order valence-corrected chi connectivity index (χ2v) is 3.40. The van der Waals surface area contributed by atoms with Crippen molar-refractivity contribution in [1.29, 1.82) is 0 Å². The van der Waals surface area contributed by atoms with Gasteiger partial charge in [-0.1, -0.05) is 13.8 Å². The lowest BCUT2D eigenvalue weighted by atomic mass is 9.96. The summed E-state index contributed by atoms with van der Waals surface area (Å²) in [6, 6.07) is 0. The molecule has 4 heteroatoms. The van der Waals surface area contributed by atoms with Gasteiger partial charge in [0.1, 0.15) is 0 Å². The van der Waals surface area contributed by atoms with Crippen LogP contribution in [0.15, 0.2) is 0 Å². The van der Waals surface area contributed by atoms with Crippen LogP contribution in [0.1, 0.15) is 27.7 Å². The molecule has 0 unspecified atom stereocenters. The molecule has 0 aliphatic heterocycles. The molecule has 0 aliphatic carbocycles. The zero-order valence-electron chi connectivity index (χ0n) is 8.40. The third kappa shape index (κ3) is 3.92. The highest BCUT2D eigenvalue weighted by molar-refractivity contribution is 5.80. The molecule has 4 nitrogen and oxygen atoms in total. The average molecular weight is 188 g/mol. The van der Waals surface area contributed by atoms with Crippen molar-refractivity contribution in [3.63, 3.8) is 0 Å². The van der Waals surface area contributed by atoms with Gasteiger partial charge in [-0.3, -0.25) is 9.59 Å². The molecular weight excluding hydrogens is 172 g/mol. The van der Waals surface area contributed by atoms with Gasteiger partial charge in [-0.05, 0) is 13.8 Å². The van der Waals surface area contributed by atoms with Gasteiger partial charge in [0.2, 0.25) is 0 Å². The fourth-order valence-corrected chi connectivity index (χ4v) is 0.758.